The van der Waals surface area contributed by atoms with Crippen molar-refractivity contribution in [3.63, 3.8) is 0 Å². The van der Waals surface area contributed by atoms with Crippen LogP contribution in [0.3, 0.4) is 0 Å². The van der Waals surface area contributed by atoms with E-state index in [1.807, 2.05) is 6.92 Å². The maximum absolute atomic E-state index is 5.62. The van der Waals surface area contributed by atoms with Crippen LogP contribution >= 0.6 is 0 Å². The highest BCUT2D eigenvalue weighted by atomic mass is 16.5. The van der Waals surface area contributed by atoms with Crippen LogP contribution in [-0.4, -0.2) is 29.5 Å². The lowest BCUT2D eigenvalue weighted by Gasteiger charge is -2.07. The van der Waals surface area contributed by atoms with E-state index >= 15 is 0 Å². The molecule has 96 valence electrons. The zero-order chi connectivity index (χ0) is 12.1. The SMILES string of the molecule is CCNC(C)c1nnc(CCC2CCCO2)o1. The molecule has 1 aromatic heterocycles. The van der Waals surface area contributed by atoms with Crippen LogP contribution < -0.4 is 5.32 Å². The monoisotopic (exact) mass is 239 g/mol. The van der Waals surface area contributed by atoms with Crippen molar-refractivity contribution in [2.24, 2.45) is 0 Å². The highest BCUT2D eigenvalue weighted by Gasteiger charge is 2.18. The summed E-state index contributed by atoms with van der Waals surface area (Å²) in [6.07, 6.45) is 4.52. The number of nitrogens with one attached hydrogen (secondary N) is 1. The molecule has 0 saturated carbocycles. The smallest absolute Gasteiger partial charge is 0.233 e. The van der Waals surface area contributed by atoms with Crippen molar-refractivity contribution in [1.29, 1.82) is 0 Å². The van der Waals surface area contributed by atoms with Crippen molar-refractivity contribution >= 4 is 0 Å². The van der Waals surface area contributed by atoms with Crippen LogP contribution in [0.1, 0.15) is 50.9 Å². The number of ether oxygens (including phenoxy) is 1. The van der Waals surface area contributed by atoms with Gasteiger partial charge in [-0.2, -0.15) is 0 Å². The molecule has 1 aliphatic rings. The third-order valence-electron chi connectivity index (χ3n) is 3.07. The van der Waals surface area contributed by atoms with Gasteiger partial charge in [0.1, 0.15) is 0 Å². The van der Waals surface area contributed by atoms with Gasteiger partial charge < -0.3 is 14.5 Å². The molecule has 5 nitrogen and oxygen atoms in total. The third-order valence-corrected chi connectivity index (χ3v) is 3.07. The Balaban J connectivity index is 1.80. The Bertz CT molecular complexity index is 334. The van der Waals surface area contributed by atoms with E-state index in [-0.39, 0.29) is 6.04 Å². The minimum atomic E-state index is 0.129. The van der Waals surface area contributed by atoms with Gasteiger partial charge in [-0.15, -0.1) is 10.2 Å². The number of aromatic nitrogens is 2. The van der Waals surface area contributed by atoms with Crippen LogP contribution in [0.2, 0.25) is 0 Å². The van der Waals surface area contributed by atoms with Crippen molar-refractivity contribution in [2.45, 2.75) is 51.7 Å². The first kappa shape index (κ1) is 12.5. The molecule has 1 fully saturated rings. The molecule has 0 radical (unpaired) electrons. The van der Waals surface area contributed by atoms with Gasteiger partial charge in [-0.25, -0.2) is 0 Å². The van der Waals surface area contributed by atoms with Gasteiger partial charge in [0.2, 0.25) is 11.8 Å². The summed E-state index contributed by atoms with van der Waals surface area (Å²) in [5.74, 6) is 1.40. The zero-order valence-corrected chi connectivity index (χ0v) is 10.6. The van der Waals surface area contributed by atoms with Crippen molar-refractivity contribution in [3.8, 4) is 0 Å². The van der Waals surface area contributed by atoms with Crippen LogP contribution in [0.5, 0.6) is 0 Å². The highest BCUT2D eigenvalue weighted by molar-refractivity contribution is 4.88. The summed E-state index contributed by atoms with van der Waals surface area (Å²) in [5, 5.41) is 11.4. The third kappa shape index (κ3) is 3.51. The molecule has 2 atom stereocenters. The number of hydrogen-bond acceptors (Lipinski definition) is 5. The minimum Gasteiger partial charge on any atom is -0.424 e. The number of hydrogen-bond donors (Lipinski definition) is 1. The van der Waals surface area contributed by atoms with Gasteiger partial charge in [-0.05, 0) is 32.7 Å². The van der Waals surface area contributed by atoms with E-state index < -0.39 is 0 Å². The van der Waals surface area contributed by atoms with Gasteiger partial charge in [0.25, 0.3) is 0 Å². The van der Waals surface area contributed by atoms with Crippen molar-refractivity contribution in [3.05, 3.63) is 11.8 Å². The quantitative estimate of drug-likeness (QED) is 0.821. The second kappa shape index (κ2) is 6.12. The molecular weight excluding hydrogens is 218 g/mol. The fourth-order valence-electron chi connectivity index (χ4n) is 2.09. The average molecular weight is 239 g/mol. The van der Waals surface area contributed by atoms with Gasteiger partial charge in [0.05, 0.1) is 12.1 Å². The lowest BCUT2D eigenvalue weighted by atomic mass is 10.1. The standard InChI is InChI=1S/C12H21N3O2/c1-3-13-9(2)12-15-14-11(17-12)7-6-10-5-4-8-16-10/h9-10,13H,3-8H2,1-2H3. The van der Waals surface area contributed by atoms with Gasteiger partial charge in [0.15, 0.2) is 0 Å². The summed E-state index contributed by atoms with van der Waals surface area (Å²) < 4.78 is 11.2. The predicted molar refractivity (Wildman–Crippen MR) is 63.7 cm³/mol. The molecule has 0 bridgehead atoms. The van der Waals surface area contributed by atoms with Crippen LogP contribution in [0.15, 0.2) is 4.42 Å². The lowest BCUT2D eigenvalue weighted by molar-refractivity contribution is 0.103. The first-order valence-electron chi connectivity index (χ1n) is 6.47. The molecule has 2 heterocycles. The Morgan fingerprint density at radius 3 is 3.06 bits per heavy atom. The van der Waals surface area contributed by atoms with Gasteiger partial charge in [0, 0.05) is 13.0 Å². The summed E-state index contributed by atoms with van der Waals surface area (Å²) in [7, 11) is 0. The van der Waals surface area contributed by atoms with E-state index in [9.17, 15) is 0 Å². The predicted octanol–water partition coefficient (Wildman–Crippen LogP) is 1.85. The van der Waals surface area contributed by atoms with Crippen molar-refractivity contribution in [2.75, 3.05) is 13.2 Å². The van der Waals surface area contributed by atoms with E-state index in [2.05, 4.69) is 22.4 Å². The van der Waals surface area contributed by atoms with Gasteiger partial charge in [-0.1, -0.05) is 6.92 Å². The van der Waals surface area contributed by atoms with E-state index in [4.69, 9.17) is 9.15 Å². The lowest BCUT2D eigenvalue weighted by Crippen LogP contribution is -2.17. The second-order valence-corrected chi connectivity index (χ2v) is 4.49. The van der Waals surface area contributed by atoms with Gasteiger partial charge >= 0.3 is 0 Å². The van der Waals surface area contributed by atoms with Crippen molar-refractivity contribution < 1.29 is 9.15 Å². The first-order valence-corrected chi connectivity index (χ1v) is 6.47. The normalized spacial score (nSPS) is 21.9. The summed E-state index contributed by atoms with van der Waals surface area (Å²) >= 11 is 0. The molecule has 0 amide bonds. The number of rotatable bonds is 6. The molecule has 1 saturated heterocycles. The van der Waals surface area contributed by atoms with Crippen molar-refractivity contribution in [1.82, 2.24) is 15.5 Å². The molecule has 5 heteroatoms. The number of aryl methyl sites for hydroxylation is 1. The fraction of sp³-hybridized carbons (Fsp3) is 0.833. The molecule has 1 N–H and O–H groups in total. The summed E-state index contributed by atoms with van der Waals surface area (Å²) in [5.41, 5.74) is 0. The zero-order valence-electron chi connectivity index (χ0n) is 10.6. The summed E-state index contributed by atoms with van der Waals surface area (Å²) in [6, 6.07) is 0.129. The Labute approximate surface area is 102 Å². The van der Waals surface area contributed by atoms with Crippen LogP contribution in [0.4, 0.5) is 0 Å². The molecule has 17 heavy (non-hydrogen) atoms. The molecule has 1 aromatic rings. The number of nitrogens with zero attached hydrogens (tertiary/aromatic N) is 2. The molecule has 2 rings (SSSR count). The fourth-order valence-corrected chi connectivity index (χ4v) is 2.09. The maximum atomic E-state index is 5.62. The Hall–Kier alpha value is -0.940. The van der Waals surface area contributed by atoms with E-state index in [1.54, 1.807) is 0 Å². The Morgan fingerprint density at radius 1 is 1.47 bits per heavy atom. The molecule has 1 aliphatic heterocycles. The molecule has 0 aliphatic carbocycles. The largest absolute Gasteiger partial charge is 0.424 e. The van der Waals surface area contributed by atoms with Gasteiger partial charge in [-0.3, -0.25) is 0 Å². The van der Waals surface area contributed by atoms with Crippen LogP contribution in [-0.2, 0) is 11.2 Å². The first-order chi connectivity index (χ1) is 8.29. The highest BCUT2D eigenvalue weighted by Crippen LogP contribution is 2.18. The molecule has 0 aromatic carbocycles. The van der Waals surface area contributed by atoms with Crippen LogP contribution in [0.25, 0.3) is 0 Å². The minimum absolute atomic E-state index is 0.129. The summed E-state index contributed by atoms with van der Waals surface area (Å²) in [6.45, 7) is 5.89. The maximum Gasteiger partial charge on any atom is 0.233 e. The van der Waals surface area contributed by atoms with Crippen LogP contribution in [0, 0.1) is 0 Å². The van der Waals surface area contributed by atoms with E-state index in [0.29, 0.717) is 12.0 Å². The van der Waals surface area contributed by atoms with E-state index in [1.165, 1.54) is 6.42 Å². The average Bonchev–Trinajstić information content (AvgIpc) is 2.98. The molecular formula is C12H21N3O2. The Morgan fingerprint density at radius 2 is 2.35 bits per heavy atom. The van der Waals surface area contributed by atoms with E-state index in [0.717, 1.165) is 38.3 Å². The molecule has 0 spiro atoms. The molecule has 2 unspecified atom stereocenters. The Kier molecular flexibility index (Phi) is 4.50. The topological polar surface area (TPSA) is 60.2 Å². The summed E-state index contributed by atoms with van der Waals surface area (Å²) in [4.78, 5) is 0. The second-order valence-electron chi connectivity index (χ2n) is 4.49.